The quantitative estimate of drug-likeness (QED) is 0.444. The van der Waals surface area contributed by atoms with E-state index in [9.17, 15) is 5.11 Å². The third-order valence-electron chi connectivity index (χ3n) is 2.55. The Balaban J connectivity index is 3.34. The average Bonchev–Trinajstić information content (AvgIpc) is 2.35. The number of rotatable bonds is 11. The van der Waals surface area contributed by atoms with Gasteiger partial charge in [0.15, 0.2) is 5.88 Å². The molecule has 0 heterocycles. The Morgan fingerprint density at radius 3 is 2.21 bits per heavy atom. The van der Waals surface area contributed by atoms with E-state index in [1.165, 1.54) is 0 Å². The molecule has 0 amide bonds. The zero-order valence-corrected chi connectivity index (χ0v) is 13.0. The average molecular weight is 274 g/mol. The predicted octanol–water partition coefficient (Wildman–Crippen LogP) is 1.76. The van der Waals surface area contributed by atoms with E-state index >= 15 is 0 Å². The van der Waals surface area contributed by atoms with Crippen LogP contribution in [0.15, 0.2) is 11.5 Å². The molecule has 0 aromatic carbocycles. The molecule has 0 aromatic heterocycles. The molecular formula is C14H30N2O3. The predicted molar refractivity (Wildman–Crippen MR) is 78.4 cm³/mol. The highest BCUT2D eigenvalue weighted by molar-refractivity contribution is 4.99. The first kappa shape index (κ1) is 18.2. The molecule has 0 aliphatic rings. The minimum absolute atomic E-state index is 0.319. The van der Waals surface area contributed by atoms with E-state index in [1.54, 1.807) is 4.90 Å². The Labute approximate surface area is 117 Å². The van der Waals surface area contributed by atoms with Gasteiger partial charge in [0.2, 0.25) is 0 Å². The van der Waals surface area contributed by atoms with Crippen molar-refractivity contribution in [2.24, 2.45) is 0 Å². The van der Waals surface area contributed by atoms with E-state index in [1.807, 2.05) is 20.9 Å². The number of hydrogen-bond acceptors (Lipinski definition) is 5. The molecule has 0 spiro atoms. The molecule has 19 heavy (non-hydrogen) atoms. The van der Waals surface area contributed by atoms with Crippen molar-refractivity contribution < 1.29 is 14.6 Å². The lowest BCUT2D eigenvalue weighted by atomic mass is 10.3. The van der Waals surface area contributed by atoms with E-state index < -0.39 is 0 Å². The molecule has 0 rings (SSSR count). The molecule has 0 saturated heterocycles. The van der Waals surface area contributed by atoms with Crippen LogP contribution in [-0.2, 0) is 9.47 Å². The first-order valence-corrected chi connectivity index (χ1v) is 6.91. The van der Waals surface area contributed by atoms with Crippen molar-refractivity contribution >= 4 is 0 Å². The first-order chi connectivity index (χ1) is 8.95. The summed E-state index contributed by atoms with van der Waals surface area (Å²) in [6.07, 6.45) is 0. The molecule has 0 aliphatic carbocycles. The Morgan fingerprint density at radius 1 is 1.11 bits per heavy atom. The standard InChI is InChI=1S/C14H30N2O3/c1-12(2)14(17)16(5)7-9-19-11-10-18-8-6-15-13(3)4/h13,15,17H,6-11H2,1-5H3. The smallest absolute Gasteiger partial charge is 0.185 e. The number of aliphatic hydroxyl groups excluding tert-OH is 1. The molecule has 0 radical (unpaired) electrons. The molecule has 0 fully saturated rings. The van der Waals surface area contributed by atoms with Gasteiger partial charge in [0, 0.05) is 26.2 Å². The maximum atomic E-state index is 9.66. The normalized spacial score (nSPS) is 10.8. The Morgan fingerprint density at radius 2 is 1.68 bits per heavy atom. The maximum Gasteiger partial charge on any atom is 0.185 e. The van der Waals surface area contributed by atoms with Gasteiger partial charge in [-0.15, -0.1) is 0 Å². The van der Waals surface area contributed by atoms with Gasteiger partial charge in [0.1, 0.15) is 0 Å². The zero-order valence-electron chi connectivity index (χ0n) is 13.0. The van der Waals surface area contributed by atoms with Crippen molar-refractivity contribution in [3.8, 4) is 0 Å². The van der Waals surface area contributed by atoms with Crippen molar-refractivity contribution in [1.29, 1.82) is 0 Å². The number of allylic oxidation sites excluding steroid dienone is 1. The third kappa shape index (κ3) is 10.8. The number of nitrogens with zero attached hydrogens (tertiary/aromatic N) is 1. The van der Waals surface area contributed by atoms with Crippen LogP contribution >= 0.6 is 0 Å². The summed E-state index contributed by atoms with van der Waals surface area (Å²) in [6, 6.07) is 0.498. The van der Waals surface area contributed by atoms with Gasteiger partial charge in [-0.1, -0.05) is 13.8 Å². The summed E-state index contributed by atoms with van der Waals surface area (Å²) in [5.41, 5.74) is 0.906. The highest BCUT2D eigenvalue weighted by atomic mass is 16.5. The van der Waals surface area contributed by atoms with E-state index in [-0.39, 0.29) is 0 Å². The monoisotopic (exact) mass is 274 g/mol. The highest BCUT2D eigenvalue weighted by Crippen LogP contribution is 2.02. The van der Waals surface area contributed by atoms with Crippen LogP contribution in [0.4, 0.5) is 0 Å². The third-order valence-corrected chi connectivity index (χ3v) is 2.55. The van der Waals surface area contributed by atoms with Crippen molar-refractivity contribution in [3.63, 3.8) is 0 Å². The van der Waals surface area contributed by atoms with Crippen molar-refractivity contribution in [2.45, 2.75) is 33.7 Å². The van der Waals surface area contributed by atoms with Gasteiger partial charge in [-0.25, -0.2) is 0 Å². The van der Waals surface area contributed by atoms with Gasteiger partial charge in [-0.2, -0.15) is 0 Å². The van der Waals surface area contributed by atoms with Crippen LogP contribution in [0.2, 0.25) is 0 Å². The lowest BCUT2D eigenvalue weighted by molar-refractivity contribution is 0.0402. The maximum absolute atomic E-state index is 9.66. The molecule has 0 atom stereocenters. The summed E-state index contributed by atoms with van der Waals surface area (Å²) in [5.74, 6) is 0.319. The summed E-state index contributed by atoms with van der Waals surface area (Å²) in [6.45, 7) is 12.0. The molecule has 0 aromatic rings. The molecule has 5 heteroatoms. The van der Waals surface area contributed by atoms with Crippen molar-refractivity contribution in [2.75, 3.05) is 46.6 Å². The number of hydrogen-bond donors (Lipinski definition) is 2. The van der Waals surface area contributed by atoms with Gasteiger partial charge in [-0.3, -0.25) is 0 Å². The Hall–Kier alpha value is -0.780. The molecule has 0 aliphatic heterocycles. The largest absolute Gasteiger partial charge is 0.495 e. The van der Waals surface area contributed by atoms with E-state index in [4.69, 9.17) is 9.47 Å². The Bertz CT molecular complexity index is 251. The van der Waals surface area contributed by atoms with Crippen LogP contribution in [0, 0.1) is 0 Å². The van der Waals surface area contributed by atoms with Crippen LogP contribution in [-0.4, -0.2) is 62.6 Å². The van der Waals surface area contributed by atoms with Crippen LogP contribution in [0.25, 0.3) is 0 Å². The minimum Gasteiger partial charge on any atom is -0.495 e. The van der Waals surface area contributed by atoms with Gasteiger partial charge >= 0.3 is 0 Å². The van der Waals surface area contributed by atoms with Crippen molar-refractivity contribution in [1.82, 2.24) is 10.2 Å². The molecule has 0 unspecified atom stereocenters. The van der Waals surface area contributed by atoms with E-state index in [2.05, 4.69) is 19.2 Å². The molecule has 0 saturated carbocycles. The summed E-state index contributed by atoms with van der Waals surface area (Å²) in [5, 5.41) is 12.9. The lowest BCUT2D eigenvalue weighted by Gasteiger charge is -2.19. The first-order valence-electron chi connectivity index (χ1n) is 6.91. The van der Waals surface area contributed by atoms with Gasteiger partial charge in [0.25, 0.3) is 0 Å². The van der Waals surface area contributed by atoms with Crippen LogP contribution in [0.5, 0.6) is 0 Å². The summed E-state index contributed by atoms with van der Waals surface area (Å²) in [4.78, 5) is 1.78. The van der Waals surface area contributed by atoms with E-state index in [0.717, 1.165) is 12.1 Å². The Kier molecular flexibility index (Phi) is 10.6. The fourth-order valence-electron chi connectivity index (χ4n) is 1.43. The lowest BCUT2D eigenvalue weighted by Crippen LogP contribution is -2.27. The number of likely N-dealkylation sites (N-methyl/N-ethyl adjacent to an activating group) is 1. The van der Waals surface area contributed by atoms with Crippen LogP contribution < -0.4 is 5.32 Å². The van der Waals surface area contributed by atoms with E-state index in [0.29, 0.717) is 44.9 Å². The fraction of sp³-hybridized carbons (Fsp3) is 0.857. The number of ether oxygens (including phenoxy) is 2. The second-order valence-electron chi connectivity index (χ2n) is 5.08. The fourth-order valence-corrected chi connectivity index (χ4v) is 1.43. The molecular weight excluding hydrogens is 244 g/mol. The number of nitrogens with one attached hydrogen (secondary N) is 1. The van der Waals surface area contributed by atoms with Gasteiger partial charge in [-0.05, 0) is 19.4 Å². The van der Waals surface area contributed by atoms with Gasteiger partial charge in [0.05, 0.1) is 26.4 Å². The van der Waals surface area contributed by atoms with Crippen LogP contribution in [0.3, 0.4) is 0 Å². The molecule has 2 N–H and O–H groups in total. The minimum atomic E-state index is 0.319. The van der Waals surface area contributed by atoms with Gasteiger partial charge < -0.3 is 24.8 Å². The topological polar surface area (TPSA) is 54.0 Å². The molecule has 114 valence electrons. The SMILES string of the molecule is CC(C)=C(O)N(C)CCOCCOCCNC(C)C. The molecule has 5 nitrogen and oxygen atoms in total. The summed E-state index contributed by atoms with van der Waals surface area (Å²) >= 11 is 0. The summed E-state index contributed by atoms with van der Waals surface area (Å²) < 4.78 is 10.9. The number of aliphatic hydroxyl groups is 1. The van der Waals surface area contributed by atoms with Crippen LogP contribution in [0.1, 0.15) is 27.7 Å². The second-order valence-corrected chi connectivity index (χ2v) is 5.08. The highest BCUT2D eigenvalue weighted by Gasteiger charge is 2.03. The summed E-state index contributed by atoms with van der Waals surface area (Å²) in [7, 11) is 1.85. The molecule has 0 bridgehead atoms. The van der Waals surface area contributed by atoms with Crippen molar-refractivity contribution in [3.05, 3.63) is 11.5 Å². The zero-order chi connectivity index (χ0) is 14.7. The second kappa shape index (κ2) is 11.1.